The lowest BCUT2D eigenvalue weighted by atomic mass is 10.1. The smallest absolute Gasteiger partial charge is 0.344 e. The fraction of sp³-hybridized carbons (Fsp3) is 0.222. The van der Waals surface area contributed by atoms with Crippen molar-refractivity contribution in [2.75, 3.05) is 6.61 Å². The van der Waals surface area contributed by atoms with Crippen molar-refractivity contribution in [2.45, 2.75) is 19.9 Å². The monoisotopic (exact) mass is 338 g/mol. The summed E-state index contributed by atoms with van der Waals surface area (Å²) in [5, 5.41) is 6.90. The Morgan fingerprint density at radius 2 is 1.96 bits per heavy atom. The summed E-state index contributed by atoms with van der Waals surface area (Å²) in [5.41, 5.74) is 2.36. The molecular weight excluding hydrogens is 320 g/mol. The molecule has 0 saturated carbocycles. The molecule has 7 nitrogen and oxygen atoms in total. The second kappa shape index (κ2) is 7.12. The molecule has 0 aliphatic heterocycles. The van der Waals surface area contributed by atoms with Gasteiger partial charge in [-0.3, -0.25) is 4.79 Å². The maximum Gasteiger partial charge on any atom is 0.344 e. The van der Waals surface area contributed by atoms with E-state index in [1.165, 1.54) is 6.20 Å². The van der Waals surface area contributed by atoms with E-state index in [0.29, 0.717) is 5.65 Å². The fourth-order valence-corrected chi connectivity index (χ4v) is 2.44. The molecule has 0 bridgehead atoms. The summed E-state index contributed by atoms with van der Waals surface area (Å²) in [4.78, 5) is 28.1. The highest BCUT2D eigenvalue weighted by Crippen LogP contribution is 2.20. The molecule has 25 heavy (non-hydrogen) atoms. The van der Waals surface area contributed by atoms with Gasteiger partial charge in [0.2, 0.25) is 0 Å². The zero-order valence-corrected chi connectivity index (χ0v) is 14.0. The summed E-state index contributed by atoms with van der Waals surface area (Å²) in [7, 11) is 0. The number of esters is 1. The molecule has 3 aromatic rings. The summed E-state index contributed by atoms with van der Waals surface area (Å²) >= 11 is 0. The Hall–Kier alpha value is -3.22. The van der Waals surface area contributed by atoms with Gasteiger partial charge in [-0.05, 0) is 19.9 Å². The van der Waals surface area contributed by atoms with Crippen LogP contribution in [0.1, 0.15) is 24.2 Å². The SMILES string of the molecule is CC(C)NC(=O)COC(=O)c1cnn2c(-c3ccccc3)ccnc12. The summed E-state index contributed by atoms with van der Waals surface area (Å²) in [6.45, 7) is 3.33. The van der Waals surface area contributed by atoms with Crippen molar-refractivity contribution in [3.8, 4) is 11.3 Å². The van der Waals surface area contributed by atoms with Gasteiger partial charge in [0.05, 0.1) is 11.9 Å². The molecule has 0 aliphatic rings. The lowest BCUT2D eigenvalue weighted by Gasteiger charge is -2.08. The predicted octanol–water partition coefficient (Wildman–Crippen LogP) is 2.08. The summed E-state index contributed by atoms with van der Waals surface area (Å²) in [6, 6.07) is 11.5. The van der Waals surface area contributed by atoms with Crippen molar-refractivity contribution in [3.63, 3.8) is 0 Å². The predicted molar refractivity (Wildman–Crippen MR) is 92.0 cm³/mol. The number of fused-ring (bicyclic) bond motifs is 1. The zero-order valence-electron chi connectivity index (χ0n) is 14.0. The zero-order chi connectivity index (χ0) is 17.8. The van der Waals surface area contributed by atoms with E-state index in [1.807, 2.05) is 50.2 Å². The van der Waals surface area contributed by atoms with Gasteiger partial charge in [0.1, 0.15) is 5.56 Å². The number of benzene rings is 1. The molecule has 0 spiro atoms. The Morgan fingerprint density at radius 1 is 1.20 bits per heavy atom. The molecule has 2 aromatic heterocycles. The second-order valence-corrected chi connectivity index (χ2v) is 5.79. The summed E-state index contributed by atoms with van der Waals surface area (Å²) in [5.74, 6) is -0.982. The van der Waals surface area contributed by atoms with E-state index in [-0.39, 0.29) is 24.1 Å². The van der Waals surface area contributed by atoms with Crippen LogP contribution in [-0.2, 0) is 9.53 Å². The van der Waals surface area contributed by atoms with E-state index in [1.54, 1.807) is 10.7 Å². The standard InChI is InChI=1S/C18H18N4O3/c1-12(2)21-16(23)11-25-18(24)14-10-20-22-15(8-9-19-17(14)22)13-6-4-3-5-7-13/h3-10,12H,11H2,1-2H3,(H,21,23). The van der Waals surface area contributed by atoms with Crippen molar-refractivity contribution in [1.82, 2.24) is 19.9 Å². The first kappa shape index (κ1) is 16.6. The maximum atomic E-state index is 12.3. The van der Waals surface area contributed by atoms with Crippen LogP contribution in [-0.4, -0.2) is 39.1 Å². The average Bonchev–Trinajstić information content (AvgIpc) is 3.04. The van der Waals surface area contributed by atoms with E-state index in [0.717, 1.165) is 11.3 Å². The van der Waals surface area contributed by atoms with Gasteiger partial charge in [0.25, 0.3) is 5.91 Å². The topological polar surface area (TPSA) is 85.6 Å². The van der Waals surface area contributed by atoms with Crippen molar-refractivity contribution in [1.29, 1.82) is 0 Å². The third-order valence-electron chi connectivity index (χ3n) is 3.47. The molecule has 0 saturated heterocycles. The van der Waals surface area contributed by atoms with E-state index in [9.17, 15) is 9.59 Å². The quantitative estimate of drug-likeness (QED) is 0.720. The van der Waals surface area contributed by atoms with E-state index < -0.39 is 5.97 Å². The third-order valence-corrected chi connectivity index (χ3v) is 3.47. The van der Waals surface area contributed by atoms with Crippen molar-refractivity contribution < 1.29 is 14.3 Å². The number of rotatable bonds is 5. The number of aromatic nitrogens is 3. The van der Waals surface area contributed by atoms with Gasteiger partial charge in [-0.15, -0.1) is 0 Å². The Labute approximate surface area is 144 Å². The van der Waals surface area contributed by atoms with Crippen molar-refractivity contribution >= 4 is 17.5 Å². The minimum absolute atomic E-state index is 0.0155. The highest BCUT2D eigenvalue weighted by molar-refractivity contribution is 5.97. The number of amides is 1. The highest BCUT2D eigenvalue weighted by Gasteiger charge is 2.18. The van der Waals surface area contributed by atoms with Crippen LogP contribution in [0.5, 0.6) is 0 Å². The van der Waals surface area contributed by atoms with Gasteiger partial charge in [-0.2, -0.15) is 5.10 Å². The number of carbonyl (C=O) groups is 2. The summed E-state index contributed by atoms with van der Waals surface area (Å²) in [6.07, 6.45) is 3.01. The fourth-order valence-electron chi connectivity index (χ4n) is 2.44. The van der Waals surface area contributed by atoms with E-state index in [4.69, 9.17) is 4.74 Å². The Bertz CT molecular complexity index is 903. The maximum absolute atomic E-state index is 12.3. The highest BCUT2D eigenvalue weighted by atomic mass is 16.5. The van der Waals surface area contributed by atoms with Gasteiger partial charge >= 0.3 is 5.97 Å². The molecular formula is C18H18N4O3. The molecule has 7 heteroatoms. The Morgan fingerprint density at radius 3 is 2.68 bits per heavy atom. The molecule has 0 fully saturated rings. The van der Waals surface area contributed by atoms with Crippen LogP contribution < -0.4 is 5.32 Å². The number of ether oxygens (including phenoxy) is 1. The molecule has 2 heterocycles. The number of nitrogens with zero attached hydrogens (tertiary/aromatic N) is 3. The number of carbonyl (C=O) groups excluding carboxylic acids is 2. The molecule has 0 unspecified atom stereocenters. The van der Waals surface area contributed by atoms with E-state index in [2.05, 4.69) is 15.4 Å². The van der Waals surface area contributed by atoms with Gasteiger partial charge in [0.15, 0.2) is 12.3 Å². The Kier molecular flexibility index (Phi) is 4.74. The van der Waals surface area contributed by atoms with Crippen molar-refractivity contribution in [3.05, 3.63) is 54.4 Å². The first-order valence-electron chi connectivity index (χ1n) is 7.91. The molecule has 1 amide bonds. The number of hydrogen-bond acceptors (Lipinski definition) is 5. The normalized spacial score (nSPS) is 10.8. The van der Waals surface area contributed by atoms with Gasteiger partial charge in [-0.1, -0.05) is 30.3 Å². The van der Waals surface area contributed by atoms with Gasteiger partial charge < -0.3 is 10.1 Å². The van der Waals surface area contributed by atoms with Crippen LogP contribution in [0.15, 0.2) is 48.8 Å². The Balaban J connectivity index is 1.84. The van der Waals surface area contributed by atoms with Crippen LogP contribution in [0.4, 0.5) is 0 Å². The lowest BCUT2D eigenvalue weighted by molar-refractivity contribution is -0.124. The molecule has 0 atom stereocenters. The molecule has 0 aliphatic carbocycles. The van der Waals surface area contributed by atoms with Crippen LogP contribution >= 0.6 is 0 Å². The van der Waals surface area contributed by atoms with Gasteiger partial charge in [0, 0.05) is 17.8 Å². The van der Waals surface area contributed by atoms with Crippen LogP contribution in [0, 0.1) is 0 Å². The number of hydrogen-bond donors (Lipinski definition) is 1. The molecule has 128 valence electrons. The lowest BCUT2D eigenvalue weighted by Crippen LogP contribution is -2.33. The molecule has 1 N–H and O–H groups in total. The van der Waals surface area contributed by atoms with Crippen LogP contribution in [0.2, 0.25) is 0 Å². The average molecular weight is 338 g/mol. The van der Waals surface area contributed by atoms with Gasteiger partial charge in [-0.25, -0.2) is 14.3 Å². The largest absolute Gasteiger partial charge is 0.452 e. The van der Waals surface area contributed by atoms with Crippen molar-refractivity contribution in [2.24, 2.45) is 0 Å². The minimum atomic E-state index is -0.633. The van der Waals surface area contributed by atoms with Crippen LogP contribution in [0.3, 0.4) is 0 Å². The molecule has 0 radical (unpaired) electrons. The molecule has 1 aromatic carbocycles. The third kappa shape index (κ3) is 3.65. The van der Waals surface area contributed by atoms with Crippen LogP contribution in [0.25, 0.3) is 16.9 Å². The van der Waals surface area contributed by atoms with E-state index >= 15 is 0 Å². The number of nitrogens with one attached hydrogen (secondary N) is 1. The minimum Gasteiger partial charge on any atom is -0.452 e. The second-order valence-electron chi connectivity index (χ2n) is 5.79. The molecule has 3 rings (SSSR count). The first-order valence-corrected chi connectivity index (χ1v) is 7.91. The summed E-state index contributed by atoms with van der Waals surface area (Å²) < 4.78 is 6.64. The first-order chi connectivity index (χ1) is 12.1.